The predicted molar refractivity (Wildman–Crippen MR) is 291 cm³/mol. The minimum Gasteiger partial charge on any atom is -0.372 e. The van der Waals surface area contributed by atoms with E-state index in [1.807, 2.05) is 109 Å². The highest BCUT2D eigenvalue weighted by molar-refractivity contribution is 5.63. The van der Waals surface area contributed by atoms with Crippen LogP contribution in [0, 0.1) is 70.0 Å². The first kappa shape index (κ1) is 52.8. The Morgan fingerprint density at radius 3 is 0.826 bits per heavy atom. The van der Waals surface area contributed by atoms with Gasteiger partial charge in [-0.1, -0.05) is 189 Å². The largest absolute Gasteiger partial charge is 0.372 e. The van der Waals surface area contributed by atoms with Crippen LogP contribution in [0.15, 0.2) is 127 Å². The van der Waals surface area contributed by atoms with E-state index < -0.39 is 0 Å². The van der Waals surface area contributed by atoms with Crippen LogP contribution in [0.5, 0.6) is 0 Å². The lowest BCUT2D eigenvalue weighted by Crippen LogP contribution is -2.25. The van der Waals surface area contributed by atoms with Gasteiger partial charge in [-0.2, -0.15) is 10.5 Å². The Labute approximate surface area is 417 Å². The highest BCUT2D eigenvalue weighted by atomic mass is 15.1. The molecular weight excluding hydrogens is 835 g/mol. The van der Waals surface area contributed by atoms with Gasteiger partial charge in [0.25, 0.3) is 0 Å². The Morgan fingerprint density at radius 2 is 0.565 bits per heavy atom. The summed E-state index contributed by atoms with van der Waals surface area (Å²) in [6.45, 7) is 6.87. The molecule has 0 spiro atoms. The van der Waals surface area contributed by atoms with E-state index in [1.54, 1.807) is 6.08 Å². The van der Waals surface area contributed by atoms with E-state index in [4.69, 9.17) is 10.5 Å². The molecule has 0 heterocycles. The average Bonchev–Trinajstić information content (AvgIpc) is 3.39. The Bertz CT molecular complexity index is 2600. The standard InChI is InChI=1S/C66H71N3/c1-3-5-7-9-11-13-15-17-19-21-51-69(52-22-20-18-16-14-12-10-8-6-4-2)66-49-47-63(48-50-66)42-41-61-37-35-59(36-38-61)30-29-57-25-23-56(24-26-57)27-28-58-31-33-60(34-32-58)39-40-62-43-45-64(46-44-62)53-65(54-67)55-68/h23-26,31-38,43-50,53H,3-22,51-52H2,1-2H3. The number of nitrogens with zero attached hydrogens (tertiary/aromatic N) is 3. The minimum absolute atomic E-state index is 0.0699. The molecule has 69 heavy (non-hydrogen) atoms. The molecule has 3 nitrogen and oxygen atoms in total. The highest BCUT2D eigenvalue weighted by Crippen LogP contribution is 2.20. The monoisotopic (exact) mass is 906 g/mol. The molecule has 0 amide bonds. The van der Waals surface area contributed by atoms with Crippen LogP contribution in [0.1, 0.15) is 192 Å². The number of allylic oxidation sites excluding steroid dienone is 1. The van der Waals surface area contributed by atoms with E-state index in [9.17, 15) is 0 Å². The summed E-state index contributed by atoms with van der Waals surface area (Å²) in [5.41, 5.74) is 9.64. The zero-order valence-corrected chi connectivity index (χ0v) is 41.5. The lowest BCUT2D eigenvalue weighted by molar-refractivity contribution is 0.543. The summed E-state index contributed by atoms with van der Waals surface area (Å²) >= 11 is 0. The summed E-state index contributed by atoms with van der Waals surface area (Å²) in [6.07, 6.45) is 28.9. The molecule has 0 aliphatic carbocycles. The van der Waals surface area contributed by atoms with Crippen molar-refractivity contribution >= 4 is 11.8 Å². The molecule has 0 unspecified atom stereocenters. The molecule has 5 aromatic rings. The van der Waals surface area contributed by atoms with Gasteiger partial charge in [0.2, 0.25) is 0 Å². The first-order chi connectivity index (χ1) is 34.0. The van der Waals surface area contributed by atoms with E-state index in [0.717, 1.165) is 63.2 Å². The molecule has 0 aliphatic rings. The lowest BCUT2D eigenvalue weighted by Gasteiger charge is -2.25. The first-order valence-electron chi connectivity index (χ1n) is 25.9. The van der Waals surface area contributed by atoms with E-state index in [1.165, 1.54) is 134 Å². The van der Waals surface area contributed by atoms with E-state index in [0.29, 0.717) is 0 Å². The van der Waals surface area contributed by atoms with Crippen LogP contribution < -0.4 is 4.90 Å². The van der Waals surface area contributed by atoms with Crippen molar-refractivity contribution in [2.24, 2.45) is 0 Å². The molecule has 350 valence electrons. The Kier molecular flexibility index (Phi) is 24.9. The molecule has 0 fully saturated rings. The van der Waals surface area contributed by atoms with Crippen LogP contribution in [-0.2, 0) is 0 Å². The van der Waals surface area contributed by atoms with Crippen molar-refractivity contribution in [2.45, 2.75) is 142 Å². The second-order valence-electron chi connectivity index (χ2n) is 18.0. The van der Waals surface area contributed by atoms with Gasteiger partial charge in [0, 0.05) is 63.3 Å². The quantitative estimate of drug-likeness (QED) is 0.0352. The number of anilines is 1. The number of rotatable bonds is 24. The fourth-order valence-corrected chi connectivity index (χ4v) is 8.11. The second kappa shape index (κ2) is 32.5. The number of nitriles is 2. The molecule has 0 aromatic heterocycles. The zero-order chi connectivity index (χ0) is 48.4. The van der Waals surface area contributed by atoms with Crippen LogP contribution >= 0.6 is 0 Å². The second-order valence-corrected chi connectivity index (χ2v) is 18.0. The van der Waals surface area contributed by atoms with Crippen LogP contribution in [0.25, 0.3) is 6.08 Å². The Morgan fingerprint density at radius 1 is 0.333 bits per heavy atom. The fourth-order valence-electron chi connectivity index (χ4n) is 8.11. The third-order valence-corrected chi connectivity index (χ3v) is 12.3. The molecule has 5 rings (SSSR count). The summed E-state index contributed by atoms with van der Waals surface area (Å²) in [7, 11) is 0. The minimum atomic E-state index is 0.0699. The third-order valence-electron chi connectivity index (χ3n) is 12.3. The first-order valence-corrected chi connectivity index (χ1v) is 25.9. The van der Waals surface area contributed by atoms with Crippen LogP contribution in [0.3, 0.4) is 0 Å². The number of benzene rings is 5. The SMILES string of the molecule is CCCCCCCCCCCCN(CCCCCCCCCCCC)c1ccc(C#Cc2ccc(C#Cc3ccc(C#Cc4ccc(C#Cc5ccc(C=C(C#N)C#N)cc5)cc4)cc3)cc2)cc1. The van der Waals surface area contributed by atoms with Crippen molar-refractivity contribution in [2.75, 3.05) is 18.0 Å². The van der Waals surface area contributed by atoms with Gasteiger partial charge in [-0.05, 0) is 134 Å². The maximum absolute atomic E-state index is 8.96. The van der Waals surface area contributed by atoms with E-state index >= 15 is 0 Å². The van der Waals surface area contributed by atoms with Crippen molar-refractivity contribution in [3.8, 4) is 59.5 Å². The van der Waals surface area contributed by atoms with Gasteiger partial charge in [-0.15, -0.1) is 0 Å². The highest BCUT2D eigenvalue weighted by Gasteiger charge is 2.07. The number of hydrogen-bond acceptors (Lipinski definition) is 3. The summed E-state index contributed by atoms with van der Waals surface area (Å²) in [5, 5.41) is 17.9. The molecule has 3 heteroatoms. The van der Waals surface area contributed by atoms with Gasteiger partial charge in [0.1, 0.15) is 17.7 Å². The maximum atomic E-state index is 8.96. The molecule has 0 radical (unpaired) electrons. The van der Waals surface area contributed by atoms with Crippen molar-refractivity contribution in [1.82, 2.24) is 0 Å². The van der Waals surface area contributed by atoms with E-state index in [2.05, 4.69) is 90.4 Å². The van der Waals surface area contributed by atoms with Crippen molar-refractivity contribution < 1.29 is 0 Å². The zero-order valence-electron chi connectivity index (χ0n) is 41.5. The summed E-state index contributed by atoms with van der Waals surface area (Å²) in [5.74, 6) is 26.2. The van der Waals surface area contributed by atoms with E-state index in [-0.39, 0.29) is 5.57 Å². The maximum Gasteiger partial charge on any atom is 0.130 e. The molecule has 0 aliphatic heterocycles. The fraction of sp³-hybridized carbons (Fsp3) is 0.364. The van der Waals surface area contributed by atoms with Crippen molar-refractivity contribution in [3.05, 3.63) is 177 Å². The number of hydrogen-bond donors (Lipinski definition) is 0. The summed E-state index contributed by atoms with van der Waals surface area (Å²) in [4.78, 5) is 2.63. The van der Waals surface area contributed by atoms with Gasteiger partial charge < -0.3 is 4.90 Å². The van der Waals surface area contributed by atoms with Crippen molar-refractivity contribution in [3.63, 3.8) is 0 Å². The molecule has 0 saturated heterocycles. The Hall–Kier alpha value is -7.14. The lowest BCUT2D eigenvalue weighted by atomic mass is 10.1. The molecular formula is C66H71N3. The smallest absolute Gasteiger partial charge is 0.130 e. The van der Waals surface area contributed by atoms with Crippen LogP contribution in [0.4, 0.5) is 5.69 Å². The molecule has 5 aromatic carbocycles. The van der Waals surface area contributed by atoms with Gasteiger partial charge in [0.05, 0.1) is 0 Å². The third kappa shape index (κ3) is 21.6. The molecule has 0 saturated carbocycles. The van der Waals surface area contributed by atoms with Gasteiger partial charge in [-0.3, -0.25) is 0 Å². The van der Waals surface area contributed by atoms with Gasteiger partial charge in [-0.25, -0.2) is 0 Å². The molecule has 0 atom stereocenters. The number of unbranched alkanes of at least 4 members (excludes halogenated alkanes) is 18. The van der Waals surface area contributed by atoms with Crippen LogP contribution in [0.2, 0.25) is 0 Å². The molecule has 0 bridgehead atoms. The normalized spacial score (nSPS) is 10.1. The molecule has 0 N–H and O–H groups in total. The average molecular weight is 906 g/mol. The summed E-state index contributed by atoms with van der Waals surface area (Å²) in [6, 6.07) is 44.2. The topological polar surface area (TPSA) is 50.8 Å². The van der Waals surface area contributed by atoms with Crippen molar-refractivity contribution in [1.29, 1.82) is 10.5 Å². The van der Waals surface area contributed by atoms with Crippen LogP contribution in [-0.4, -0.2) is 13.1 Å². The van der Waals surface area contributed by atoms with Gasteiger partial charge >= 0.3 is 0 Å². The predicted octanol–water partition coefficient (Wildman–Crippen LogP) is 16.4. The Balaban J connectivity index is 1.08. The van der Waals surface area contributed by atoms with Gasteiger partial charge in [0.15, 0.2) is 0 Å². The summed E-state index contributed by atoms with van der Waals surface area (Å²) < 4.78 is 0.